The Morgan fingerprint density at radius 3 is 2.74 bits per heavy atom. The van der Waals surface area contributed by atoms with Crippen LogP contribution in [0.15, 0.2) is 36.7 Å². The van der Waals surface area contributed by atoms with Gasteiger partial charge in [0.15, 0.2) is 11.5 Å². The molecule has 0 spiro atoms. The van der Waals surface area contributed by atoms with Gasteiger partial charge in [-0.05, 0) is 56.4 Å². The zero-order chi connectivity index (χ0) is 24.4. The van der Waals surface area contributed by atoms with Gasteiger partial charge in [0.1, 0.15) is 12.1 Å². The van der Waals surface area contributed by atoms with Crippen molar-refractivity contribution in [3.05, 3.63) is 47.2 Å². The number of aromatic nitrogens is 2. The quantitative estimate of drug-likeness (QED) is 0.521. The van der Waals surface area contributed by atoms with Gasteiger partial charge in [0.2, 0.25) is 5.91 Å². The summed E-state index contributed by atoms with van der Waals surface area (Å²) in [7, 11) is 1.64. The van der Waals surface area contributed by atoms with Crippen LogP contribution in [0.5, 0.6) is 11.5 Å². The summed E-state index contributed by atoms with van der Waals surface area (Å²) in [6, 6.07) is 10.0. The molecule has 0 bridgehead atoms. The number of nitrogens with one attached hydrogen (secondary N) is 2. The third-order valence-corrected chi connectivity index (χ3v) is 7.37. The van der Waals surface area contributed by atoms with Crippen molar-refractivity contribution in [2.24, 2.45) is 0 Å². The van der Waals surface area contributed by atoms with Crippen LogP contribution in [-0.2, 0) is 4.79 Å². The molecule has 1 amide bonds. The van der Waals surface area contributed by atoms with Crippen LogP contribution in [0, 0.1) is 6.92 Å². The van der Waals surface area contributed by atoms with Crippen LogP contribution in [0.2, 0.25) is 5.02 Å². The molecule has 9 heteroatoms. The number of amides is 1. The average molecular weight is 496 g/mol. The van der Waals surface area contributed by atoms with Gasteiger partial charge >= 0.3 is 0 Å². The van der Waals surface area contributed by atoms with Gasteiger partial charge in [0, 0.05) is 41.3 Å². The van der Waals surface area contributed by atoms with Crippen LogP contribution in [0.25, 0.3) is 10.9 Å². The van der Waals surface area contributed by atoms with Gasteiger partial charge in [-0.2, -0.15) is 0 Å². The van der Waals surface area contributed by atoms with Crippen molar-refractivity contribution in [1.82, 2.24) is 20.2 Å². The first kappa shape index (κ1) is 23.6. The summed E-state index contributed by atoms with van der Waals surface area (Å²) in [4.78, 5) is 23.0. The van der Waals surface area contributed by atoms with E-state index < -0.39 is 0 Å². The Kier molecular flexibility index (Phi) is 6.92. The molecular formula is C26H30ClN5O3. The Morgan fingerprint density at radius 2 is 1.97 bits per heavy atom. The van der Waals surface area contributed by atoms with Crippen molar-refractivity contribution in [2.45, 2.75) is 44.8 Å². The number of piperazine rings is 1. The van der Waals surface area contributed by atoms with E-state index in [4.69, 9.17) is 21.1 Å². The number of ether oxygens (including phenoxy) is 2. The number of benzene rings is 2. The highest BCUT2D eigenvalue weighted by molar-refractivity contribution is 6.31. The van der Waals surface area contributed by atoms with Crippen molar-refractivity contribution in [1.29, 1.82) is 0 Å². The standard InChI is InChI=1S/C26H30ClN5O3/c1-16-20(27)4-3-5-21(16)31-26-19-12-24(23(34-2)13-22(19)29-15-30-26)35-18-8-6-17(7-9-18)32-11-10-28-25(33)14-32/h3-5,12-13,15,17-18H,6-11,14H2,1-2H3,(H,28,33)(H,29,30,31). The van der Waals surface area contributed by atoms with Gasteiger partial charge in [0.25, 0.3) is 0 Å². The predicted molar refractivity (Wildman–Crippen MR) is 137 cm³/mol. The Hall–Kier alpha value is -3.10. The molecule has 184 valence electrons. The normalized spacial score (nSPS) is 20.9. The second kappa shape index (κ2) is 10.3. The van der Waals surface area contributed by atoms with E-state index in [1.165, 1.54) is 6.33 Å². The fourth-order valence-corrected chi connectivity index (χ4v) is 5.14. The predicted octanol–water partition coefficient (Wildman–Crippen LogP) is 4.47. The molecule has 0 unspecified atom stereocenters. The lowest BCUT2D eigenvalue weighted by Crippen LogP contribution is -2.52. The first-order chi connectivity index (χ1) is 17.0. The topological polar surface area (TPSA) is 88.6 Å². The molecule has 0 radical (unpaired) electrons. The van der Waals surface area contributed by atoms with E-state index in [-0.39, 0.29) is 12.0 Å². The molecule has 2 heterocycles. The number of rotatable bonds is 6. The minimum atomic E-state index is 0.0902. The minimum absolute atomic E-state index is 0.0902. The van der Waals surface area contributed by atoms with Crippen LogP contribution in [0.1, 0.15) is 31.2 Å². The van der Waals surface area contributed by atoms with Crippen molar-refractivity contribution in [3.63, 3.8) is 0 Å². The van der Waals surface area contributed by atoms with Crippen molar-refractivity contribution >= 4 is 39.9 Å². The van der Waals surface area contributed by atoms with Crippen LogP contribution >= 0.6 is 11.6 Å². The van der Waals surface area contributed by atoms with Gasteiger partial charge in [-0.15, -0.1) is 0 Å². The van der Waals surface area contributed by atoms with Gasteiger partial charge in [-0.1, -0.05) is 17.7 Å². The third-order valence-electron chi connectivity index (χ3n) is 6.96. The van der Waals surface area contributed by atoms with Crippen LogP contribution in [0.4, 0.5) is 11.5 Å². The highest BCUT2D eigenvalue weighted by Gasteiger charge is 2.30. The number of methoxy groups -OCH3 is 1. The summed E-state index contributed by atoms with van der Waals surface area (Å²) in [6.07, 6.45) is 5.51. The molecule has 1 aromatic heterocycles. The summed E-state index contributed by atoms with van der Waals surface area (Å²) < 4.78 is 12.1. The zero-order valence-electron chi connectivity index (χ0n) is 20.0. The second-order valence-electron chi connectivity index (χ2n) is 9.15. The lowest BCUT2D eigenvalue weighted by molar-refractivity contribution is -0.125. The van der Waals surface area contributed by atoms with Crippen LogP contribution in [0.3, 0.4) is 0 Å². The molecular weight excluding hydrogens is 466 g/mol. The van der Waals surface area contributed by atoms with Crippen LogP contribution in [-0.4, -0.2) is 59.7 Å². The van der Waals surface area contributed by atoms with Crippen molar-refractivity contribution in [3.8, 4) is 11.5 Å². The maximum Gasteiger partial charge on any atom is 0.234 e. The highest BCUT2D eigenvalue weighted by atomic mass is 35.5. The monoisotopic (exact) mass is 495 g/mol. The Bertz CT molecular complexity index is 1230. The molecule has 1 aliphatic carbocycles. The summed E-state index contributed by atoms with van der Waals surface area (Å²) in [5.41, 5.74) is 2.60. The van der Waals surface area contributed by atoms with Crippen LogP contribution < -0.4 is 20.1 Å². The SMILES string of the molecule is COc1cc2ncnc(Nc3cccc(Cl)c3C)c2cc1OC1CCC(N2CCNC(=O)C2)CC1. The summed E-state index contributed by atoms with van der Waals surface area (Å²) in [5.74, 6) is 2.13. The first-order valence-electron chi connectivity index (χ1n) is 12.0. The molecule has 3 aromatic rings. The molecule has 2 aromatic carbocycles. The van der Waals surface area contributed by atoms with E-state index in [0.29, 0.717) is 34.9 Å². The molecule has 2 aliphatic rings. The number of halogens is 1. The maximum atomic E-state index is 11.8. The van der Waals surface area contributed by atoms with E-state index in [0.717, 1.165) is 60.9 Å². The molecule has 8 nitrogen and oxygen atoms in total. The molecule has 0 atom stereocenters. The minimum Gasteiger partial charge on any atom is -0.493 e. The number of hydrogen-bond donors (Lipinski definition) is 2. The number of nitrogens with zero attached hydrogens (tertiary/aromatic N) is 3. The fraction of sp³-hybridized carbons (Fsp3) is 0.423. The second-order valence-corrected chi connectivity index (χ2v) is 9.56. The van der Waals surface area contributed by atoms with E-state index in [9.17, 15) is 4.79 Å². The molecule has 35 heavy (non-hydrogen) atoms. The molecule has 5 rings (SSSR count). The highest BCUT2D eigenvalue weighted by Crippen LogP contribution is 2.37. The number of carbonyl (C=O) groups excluding carboxylic acids is 1. The molecule has 1 aliphatic heterocycles. The van der Waals surface area contributed by atoms with Gasteiger partial charge in [-0.3, -0.25) is 9.69 Å². The van der Waals surface area contributed by atoms with Gasteiger partial charge in [0.05, 0.1) is 25.3 Å². The zero-order valence-corrected chi connectivity index (χ0v) is 20.8. The summed E-state index contributed by atoms with van der Waals surface area (Å²) in [5, 5.41) is 7.84. The molecule has 2 N–H and O–H groups in total. The largest absolute Gasteiger partial charge is 0.493 e. The number of fused-ring (bicyclic) bond motifs is 1. The molecule has 1 saturated carbocycles. The van der Waals surface area contributed by atoms with E-state index in [2.05, 4.69) is 25.5 Å². The van der Waals surface area contributed by atoms with E-state index in [1.807, 2.05) is 37.3 Å². The lowest BCUT2D eigenvalue weighted by atomic mass is 9.91. The molecule has 2 fully saturated rings. The number of carbonyl (C=O) groups is 1. The Morgan fingerprint density at radius 1 is 1.14 bits per heavy atom. The first-order valence-corrected chi connectivity index (χ1v) is 12.4. The number of anilines is 2. The lowest BCUT2D eigenvalue weighted by Gasteiger charge is -2.38. The van der Waals surface area contributed by atoms with E-state index >= 15 is 0 Å². The Balaban J connectivity index is 1.35. The summed E-state index contributed by atoms with van der Waals surface area (Å²) in [6.45, 7) is 4.12. The van der Waals surface area contributed by atoms with E-state index in [1.54, 1.807) is 7.11 Å². The van der Waals surface area contributed by atoms with Gasteiger partial charge < -0.3 is 20.1 Å². The smallest absolute Gasteiger partial charge is 0.234 e. The van der Waals surface area contributed by atoms with Crippen molar-refractivity contribution in [2.75, 3.05) is 32.1 Å². The van der Waals surface area contributed by atoms with Gasteiger partial charge in [-0.25, -0.2) is 9.97 Å². The molecule has 1 saturated heterocycles. The van der Waals surface area contributed by atoms with Crippen molar-refractivity contribution < 1.29 is 14.3 Å². The fourth-order valence-electron chi connectivity index (χ4n) is 4.96. The third kappa shape index (κ3) is 5.13. The average Bonchev–Trinajstić information content (AvgIpc) is 2.87. The maximum absolute atomic E-state index is 11.8. The Labute approximate surface area is 210 Å². The summed E-state index contributed by atoms with van der Waals surface area (Å²) >= 11 is 6.31. The number of hydrogen-bond acceptors (Lipinski definition) is 7.